The molecule has 1 rings (SSSR count). The highest BCUT2D eigenvalue weighted by Gasteiger charge is 2.07. The summed E-state index contributed by atoms with van der Waals surface area (Å²) in [4.78, 5) is 23.6. The summed E-state index contributed by atoms with van der Waals surface area (Å²) in [6, 6.07) is 0. The van der Waals surface area contributed by atoms with Gasteiger partial charge in [-0.05, 0) is 33.1 Å². The minimum absolute atomic E-state index is 0.0334. The molecule has 0 aliphatic heterocycles. The summed E-state index contributed by atoms with van der Waals surface area (Å²) < 4.78 is 9.15. The standard InChI is InChI=1S/C17H28N2O3S/c1-5-18-12-14(4)15(23)19(17(18)21)10-8-6-7-9-11-22-16(20)13(2)3/h12-13H,5-11H2,1-4H3. The Kier molecular flexibility index (Phi) is 8.23. The lowest BCUT2D eigenvalue weighted by Gasteiger charge is -2.12. The van der Waals surface area contributed by atoms with Crippen LogP contribution in [0.15, 0.2) is 11.0 Å². The number of nitrogens with zero attached hydrogens (tertiary/aromatic N) is 2. The molecule has 23 heavy (non-hydrogen) atoms. The van der Waals surface area contributed by atoms with Gasteiger partial charge >= 0.3 is 11.7 Å². The van der Waals surface area contributed by atoms with E-state index in [4.69, 9.17) is 17.0 Å². The number of esters is 1. The maximum absolute atomic E-state index is 12.3. The molecule has 0 N–H and O–H groups in total. The predicted molar refractivity (Wildman–Crippen MR) is 94.2 cm³/mol. The lowest BCUT2D eigenvalue weighted by molar-refractivity contribution is -0.147. The lowest BCUT2D eigenvalue weighted by atomic mass is 10.2. The first kappa shape index (κ1) is 19.6. The van der Waals surface area contributed by atoms with E-state index in [1.165, 1.54) is 0 Å². The van der Waals surface area contributed by atoms with Gasteiger partial charge in [-0.25, -0.2) is 4.79 Å². The molecule has 0 bridgehead atoms. The van der Waals surface area contributed by atoms with Crippen molar-refractivity contribution in [3.05, 3.63) is 26.9 Å². The van der Waals surface area contributed by atoms with Crippen LogP contribution in [0.1, 0.15) is 52.0 Å². The van der Waals surface area contributed by atoms with Crippen LogP contribution in [0.4, 0.5) is 0 Å². The molecule has 5 nitrogen and oxygen atoms in total. The minimum Gasteiger partial charge on any atom is -0.465 e. The third kappa shape index (κ3) is 5.94. The fourth-order valence-corrected chi connectivity index (χ4v) is 2.51. The monoisotopic (exact) mass is 340 g/mol. The molecule has 1 aromatic rings. The third-order valence-corrected chi connectivity index (χ3v) is 4.28. The van der Waals surface area contributed by atoms with Gasteiger partial charge in [-0.2, -0.15) is 0 Å². The number of ether oxygens (including phenoxy) is 1. The molecule has 0 radical (unpaired) electrons. The number of hydrogen-bond acceptors (Lipinski definition) is 4. The minimum atomic E-state index is -0.142. The number of rotatable bonds is 9. The van der Waals surface area contributed by atoms with Crippen LogP contribution in [0.2, 0.25) is 0 Å². The van der Waals surface area contributed by atoms with Crippen molar-refractivity contribution in [3.63, 3.8) is 0 Å². The maximum atomic E-state index is 12.3. The molecule has 1 aromatic heterocycles. The van der Waals surface area contributed by atoms with Gasteiger partial charge in [-0.15, -0.1) is 0 Å². The Morgan fingerprint density at radius 3 is 2.52 bits per heavy atom. The van der Waals surface area contributed by atoms with Crippen molar-refractivity contribution in [2.45, 2.75) is 66.5 Å². The zero-order valence-electron chi connectivity index (χ0n) is 14.6. The maximum Gasteiger partial charge on any atom is 0.329 e. The first-order chi connectivity index (χ1) is 10.9. The van der Waals surface area contributed by atoms with Crippen LogP contribution >= 0.6 is 12.2 Å². The largest absolute Gasteiger partial charge is 0.465 e. The van der Waals surface area contributed by atoms with E-state index in [2.05, 4.69) is 0 Å². The molecule has 0 fully saturated rings. The van der Waals surface area contributed by atoms with E-state index < -0.39 is 0 Å². The summed E-state index contributed by atoms with van der Waals surface area (Å²) >= 11 is 5.35. The second-order valence-corrected chi connectivity index (χ2v) is 6.46. The lowest BCUT2D eigenvalue weighted by Crippen LogP contribution is -2.31. The van der Waals surface area contributed by atoms with E-state index in [1.54, 1.807) is 9.13 Å². The van der Waals surface area contributed by atoms with Gasteiger partial charge in [0.1, 0.15) is 4.64 Å². The van der Waals surface area contributed by atoms with E-state index in [0.29, 0.717) is 24.3 Å². The number of unbranched alkanes of at least 4 members (excludes halogenated alkanes) is 3. The highest BCUT2D eigenvalue weighted by Crippen LogP contribution is 2.05. The topological polar surface area (TPSA) is 53.2 Å². The van der Waals surface area contributed by atoms with Crippen molar-refractivity contribution in [3.8, 4) is 0 Å². The Balaban J connectivity index is 2.40. The van der Waals surface area contributed by atoms with Crippen LogP contribution in [-0.2, 0) is 22.6 Å². The van der Waals surface area contributed by atoms with E-state index in [1.807, 2.05) is 33.9 Å². The number of carbonyl (C=O) groups is 1. The molecule has 6 heteroatoms. The molecular formula is C17H28N2O3S. The summed E-state index contributed by atoms with van der Waals surface area (Å²) in [6.07, 6.45) is 5.54. The van der Waals surface area contributed by atoms with Crippen molar-refractivity contribution in [1.29, 1.82) is 0 Å². The van der Waals surface area contributed by atoms with E-state index >= 15 is 0 Å². The first-order valence-corrected chi connectivity index (χ1v) is 8.76. The fraction of sp³-hybridized carbons (Fsp3) is 0.706. The van der Waals surface area contributed by atoms with Gasteiger partial charge in [0.15, 0.2) is 0 Å². The molecule has 0 aliphatic rings. The van der Waals surface area contributed by atoms with Crippen molar-refractivity contribution < 1.29 is 9.53 Å². The summed E-state index contributed by atoms with van der Waals surface area (Å²) in [5.74, 6) is -0.213. The van der Waals surface area contributed by atoms with Gasteiger partial charge in [0, 0.05) is 24.8 Å². The number of aromatic nitrogens is 2. The molecule has 0 unspecified atom stereocenters. The zero-order chi connectivity index (χ0) is 17.4. The molecule has 0 atom stereocenters. The molecule has 1 heterocycles. The molecule has 130 valence electrons. The Bertz CT molecular complexity index is 632. The molecule has 0 amide bonds. The molecule has 0 saturated heterocycles. The van der Waals surface area contributed by atoms with Gasteiger partial charge in [0.25, 0.3) is 0 Å². The second kappa shape index (κ2) is 9.65. The van der Waals surface area contributed by atoms with Crippen LogP contribution in [0.3, 0.4) is 0 Å². The Labute approximate surface area is 143 Å². The predicted octanol–water partition coefficient (Wildman–Crippen LogP) is 3.47. The van der Waals surface area contributed by atoms with Crippen LogP contribution in [-0.4, -0.2) is 21.7 Å². The van der Waals surface area contributed by atoms with Crippen molar-refractivity contribution in [2.75, 3.05) is 6.61 Å². The van der Waals surface area contributed by atoms with Gasteiger partial charge < -0.3 is 9.30 Å². The number of carbonyl (C=O) groups excluding carboxylic acids is 1. The zero-order valence-corrected chi connectivity index (χ0v) is 15.4. The third-order valence-electron chi connectivity index (χ3n) is 3.74. The molecule has 0 aliphatic carbocycles. The number of aryl methyl sites for hydroxylation is 2. The highest BCUT2D eigenvalue weighted by atomic mass is 32.1. The van der Waals surface area contributed by atoms with Crippen LogP contribution < -0.4 is 5.69 Å². The van der Waals surface area contributed by atoms with Crippen molar-refractivity contribution in [2.24, 2.45) is 5.92 Å². The fourth-order valence-electron chi connectivity index (χ4n) is 2.29. The van der Waals surface area contributed by atoms with E-state index in [0.717, 1.165) is 31.2 Å². The summed E-state index contributed by atoms with van der Waals surface area (Å²) in [6.45, 7) is 9.32. The Morgan fingerprint density at radius 2 is 1.91 bits per heavy atom. The average Bonchev–Trinajstić information content (AvgIpc) is 2.52. The van der Waals surface area contributed by atoms with Gasteiger partial charge in [0.05, 0.1) is 12.5 Å². The number of hydrogen-bond donors (Lipinski definition) is 0. The summed E-state index contributed by atoms with van der Waals surface area (Å²) in [5, 5.41) is 0. The van der Waals surface area contributed by atoms with Gasteiger partial charge in [-0.3, -0.25) is 9.36 Å². The van der Waals surface area contributed by atoms with Crippen LogP contribution in [0.5, 0.6) is 0 Å². The van der Waals surface area contributed by atoms with Gasteiger partial charge in [0.2, 0.25) is 0 Å². The quantitative estimate of drug-likeness (QED) is 0.392. The molecular weight excluding hydrogens is 312 g/mol. The smallest absolute Gasteiger partial charge is 0.329 e. The molecule has 0 aromatic carbocycles. The highest BCUT2D eigenvalue weighted by molar-refractivity contribution is 7.71. The molecule has 0 saturated carbocycles. The van der Waals surface area contributed by atoms with Crippen molar-refractivity contribution >= 4 is 18.2 Å². The van der Waals surface area contributed by atoms with E-state index in [9.17, 15) is 9.59 Å². The van der Waals surface area contributed by atoms with Crippen LogP contribution in [0.25, 0.3) is 0 Å². The summed E-state index contributed by atoms with van der Waals surface area (Å²) in [5.41, 5.74) is 0.927. The summed E-state index contributed by atoms with van der Waals surface area (Å²) in [7, 11) is 0. The first-order valence-electron chi connectivity index (χ1n) is 8.36. The SMILES string of the molecule is CCn1cc(C)c(=S)n(CCCCCCOC(=O)C(C)C)c1=O. The van der Waals surface area contributed by atoms with E-state index in [-0.39, 0.29) is 17.6 Å². The van der Waals surface area contributed by atoms with Crippen molar-refractivity contribution in [1.82, 2.24) is 9.13 Å². The normalized spacial score (nSPS) is 11.0. The Hall–Kier alpha value is -1.43. The van der Waals surface area contributed by atoms with Gasteiger partial charge in [-0.1, -0.05) is 32.5 Å². The van der Waals surface area contributed by atoms with Crippen LogP contribution in [0, 0.1) is 17.5 Å². The average molecular weight is 340 g/mol. The molecule has 0 spiro atoms. The Morgan fingerprint density at radius 1 is 1.26 bits per heavy atom. The second-order valence-electron chi connectivity index (χ2n) is 6.07.